The summed E-state index contributed by atoms with van der Waals surface area (Å²) in [6.45, 7) is 3.05. The van der Waals surface area contributed by atoms with Gasteiger partial charge in [0.1, 0.15) is 6.29 Å². The first-order valence-corrected chi connectivity index (χ1v) is 5.70. The molecule has 1 fully saturated rings. The van der Waals surface area contributed by atoms with Crippen molar-refractivity contribution in [3.63, 3.8) is 0 Å². The molecule has 0 amide bonds. The molecule has 1 heterocycles. The smallest absolute Gasteiger partial charge is 0.133 e. The Labute approximate surface area is 96.0 Å². The van der Waals surface area contributed by atoms with Crippen molar-refractivity contribution in [2.24, 2.45) is 0 Å². The first kappa shape index (κ1) is 11.3. The molecule has 1 unspecified atom stereocenters. The first-order chi connectivity index (χ1) is 7.88. The number of carbonyl (C=O) groups excluding carboxylic acids is 1. The molecular formula is C13H17NO2. The summed E-state index contributed by atoms with van der Waals surface area (Å²) < 4.78 is 5.81. The van der Waals surface area contributed by atoms with Crippen molar-refractivity contribution in [2.45, 2.75) is 19.1 Å². The van der Waals surface area contributed by atoms with Crippen molar-refractivity contribution < 1.29 is 9.53 Å². The second-order valence-electron chi connectivity index (χ2n) is 4.13. The standard InChI is InChI=1S/C13H17NO2/c15-9-8-14-7-6-13(10-14)16-11-12-4-2-1-3-5-12/h1-5,9,13H,6-8,10-11H2. The zero-order valence-electron chi connectivity index (χ0n) is 9.34. The number of ether oxygens (including phenoxy) is 1. The Morgan fingerprint density at radius 1 is 1.38 bits per heavy atom. The quantitative estimate of drug-likeness (QED) is 0.702. The topological polar surface area (TPSA) is 29.5 Å². The van der Waals surface area contributed by atoms with E-state index in [2.05, 4.69) is 17.0 Å². The highest BCUT2D eigenvalue weighted by atomic mass is 16.5. The largest absolute Gasteiger partial charge is 0.372 e. The van der Waals surface area contributed by atoms with Crippen LogP contribution in [0.2, 0.25) is 0 Å². The van der Waals surface area contributed by atoms with E-state index in [-0.39, 0.29) is 6.10 Å². The van der Waals surface area contributed by atoms with Gasteiger partial charge in [-0.3, -0.25) is 4.90 Å². The Balaban J connectivity index is 1.73. The molecular weight excluding hydrogens is 202 g/mol. The van der Waals surface area contributed by atoms with Gasteiger partial charge in [0.25, 0.3) is 0 Å². The van der Waals surface area contributed by atoms with E-state index in [9.17, 15) is 4.79 Å². The molecule has 0 radical (unpaired) electrons. The number of nitrogens with zero attached hydrogens (tertiary/aromatic N) is 1. The zero-order chi connectivity index (χ0) is 11.2. The van der Waals surface area contributed by atoms with Crippen LogP contribution in [0.3, 0.4) is 0 Å². The normalized spacial score (nSPS) is 21.1. The first-order valence-electron chi connectivity index (χ1n) is 5.70. The van der Waals surface area contributed by atoms with E-state index in [4.69, 9.17) is 4.74 Å². The van der Waals surface area contributed by atoms with Crippen LogP contribution in [0.4, 0.5) is 0 Å². The number of likely N-dealkylation sites (tertiary alicyclic amines) is 1. The number of hydrogen-bond acceptors (Lipinski definition) is 3. The van der Waals surface area contributed by atoms with E-state index in [0.29, 0.717) is 13.2 Å². The zero-order valence-corrected chi connectivity index (χ0v) is 9.34. The van der Waals surface area contributed by atoms with Gasteiger partial charge in [0, 0.05) is 13.1 Å². The molecule has 2 rings (SSSR count). The fourth-order valence-corrected chi connectivity index (χ4v) is 1.99. The SMILES string of the molecule is O=CCN1CCC(OCc2ccccc2)C1. The summed E-state index contributed by atoms with van der Waals surface area (Å²) in [4.78, 5) is 12.5. The van der Waals surface area contributed by atoms with E-state index >= 15 is 0 Å². The minimum absolute atomic E-state index is 0.278. The van der Waals surface area contributed by atoms with Gasteiger partial charge in [-0.1, -0.05) is 30.3 Å². The molecule has 0 spiro atoms. The lowest BCUT2D eigenvalue weighted by Crippen LogP contribution is -2.25. The maximum absolute atomic E-state index is 10.4. The van der Waals surface area contributed by atoms with Crippen molar-refractivity contribution in [3.8, 4) is 0 Å². The number of hydrogen-bond donors (Lipinski definition) is 0. The summed E-state index contributed by atoms with van der Waals surface area (Å²) in [5.41, 5.74) is 1.20. The van der Waals surface area contributed by atoms with Crippen LogP contribution in [-0.2, 0) is 16.1 Å². The molecule has 1 atom stereocenters. The average Bonchev–Trinajstić information content (AvgIpc) is 2.76. The lowest BCUT2D eigenvalue weighted by Gasteiger charge is -2.13. The highest BCUT2D eigenvalue weighted by Crippen LogP contribution is 2.13. The van der Waals surface area contributed by atoms with Gasteiger partial charge in [0.15, 0.2) is 0 Å². The predicted molar refractivity (Wildman–Crippen MR) is 62.1 cm³/mol. The maximum atomic E-state index is 10.4. The number of carbonyl (C=O) groups is 1. The average molecular weight is 219 g/mol. The Morgan fingerprint density at radius 2 is 2.19 bits per heavy atom. The van der Waals surface area contributed by atoms with Crippen LogP contribution in [0, 0.1) is 0 Å². The molecule has 1 aromatic rings. The third-order valence-corrected chi connectivity index (χ3v) is 2.89. The van der Waals surface area contributed by atoms with Gasteiger partial charge in [-0.25, -0.2) is 0 Å². The molecule has 0 aromatic heterocycles. The minimum atomic E-state index is 0.278. The molecule has 1 aromatic carbocycles. The van der Waals surface area contributed by atoms with Crippen molar-refractivity contribution in [1.29, 1.82) is 0 Å². The monoisotopic (exact) mass is 219 g/mol. The number of rotatable bonds is 5. The van der Waals surface area contributed by atoms with Gasteiger partial charge in [-0.05, 0) is 12.0 Å². The van der Waals surface area contributed by atoms with Crippen LogP contribution in [0.15, 0.2) is 30.3 Å². The number of aldehydes is 1. The lowest BCUT2D eigenvalue weighted by molar-refractivity contribution is -0.108. The molecule has 3 heteroatoms. The third kappa shape index (κ3) is 3.15. The van der Waals surface area contributed by atoms with Crippen molar-refractivity contribution >= 4 is 6.29 Å². The predicted octanol–water partition coefficient (Wildman–Crippen LogP) is 1.48. The lowest BCUT2D eigenvalue weighted by atomic mass is 10.2. The van der Waals surface area contributed by atoms with E-state index < -0.39 is 0 Å². The summed E-state index contributed by atoms with van der Waals surface area (Å²) in [6.07, 6.45) is 2.26. The van der Waals surface area contributed by atoms with Crippen molar-refractivity contribution in [2.75, 3.05) is 19.6 Å². The molecule has 0 aliphatic carbocycles. The highest BCUT2D eigenvalue weighted by molar-refractivity contribution is 5.52. The van der Waals surface area contributed by atoms with E-state index in [1.807, 2.05) is 18.2 Å². The van der Waals surface area contributed by atoms with E-state index in [1.165, 1.54) is 5.56 Å². The van der Waals surface area contributed by atoms with Gasteiger partial charge in [-0.15, -0.1) is 0 Å². The van der Waals surface area contributed by atoms with Crippen LogP contribution in [0.1, 0.15) is 12.0 Å². The van der Waals surface area contributed by atoms with Gasteiger partial charge in [0.05, 0.1) is 19.3 Å². The van der Waals surface area contributed by atoms with Crippen LogP contribution in [-0.4, -0.2) is 36.9 Å². The summed E-state index contributed by atoms with van der Waals surface area (Å²) in [6, 6.07) is 10.2. The Hall–Kier alpha value is -1.19. The fraction of sp³-hybridized carbons (Fsp3) is 0.462. The van der Waals surface area contributed by atoms with Gasteiger partial charge < -0.3 is 9.53 Å². The molecule has 1 saturated heterocycles. The van der Waals surface area contributed by atoms with E-state index in [0.717, 1.165) is 25.8 Å². The van der Waals surface area contributed by atoms with Crippen LogP contribution in [0.5, 0.6) is 0 Å². The summed E-state index contributed by atoms with van der Waals surface area (Å²) in [5.74, 6) is 0. The second kappa shape index (κ2) is 5.77. The van der Waals surface area contributed by atoms with Gasteiger partial charge in [0.2, 0.25) is 0 Å². The molecule has 1 aliphatic rings. The van der Waals surface area contributed by atoms with Crippen molar-refractivity contribution in [3.05, 3.63) is 35.9 Å². The van der Waals surface area contributed by atoms with Gasteiger partial charge in [-0.2, -0.15) is 0 Å². The third-order valence-electron chi connectivity index (χ3n) is 2.89. The molecule has 86 valence electrons. The van der Waals surface area contributed by atoms with Crippen molar-refractivity contribution in [1.82, 2.24) is 4.90 Å². The number of benzene rings is 1. The summed E-state index contributed by atoms with van der Waals surface area (Å²) in [5, 5.41) is 0. The molecule has 16 heavy (non-hydrogen) atoms. The molecule has 3 nitrogen and oxygen atoms in total. The maximum Gasteiger partial charge on any atom is 0.133 e. The summed E-state index contributed by atoms with van der Waals surface area (Å²) >= 11 is 0. The second-order valence-corrected chi connectivity index (χ2v) is 4.13. The van der Waals surface area contributed by atoms with Crippen LogP contribution in [0.25, 0.3) is 0 Å². The highest BCUT2D eigenvalue weighted by Gasteiger charge is 2.22. The molecule has 1 aliphatic heterocycles. The van der Waals surface area contributed by atoms with Crippen LogP contribution >= 0.6 is 0 Å². The molecule has 0 N–H and O–H groups in total. The van der Waals surface area contributed by atoms with E-state index in [1.54, 1.807) is 0 Å². The van der Waals surface area contributed by atoms with Crippen LogP contribution < -0.4 is 0 Å². The molecule has 0 saturated carbocycles. The fourth-order valence-electron chi connectivity index (χ4n) is 1.99. The Morgan fingerprint density at radius 3 is 2.94 bits per heavy atom. The Bertz CT molecular complexity index is 326. The Kier molecular flexibility index (Phi) is 4.08. The van der Waals surface area contributed by atoms with Gasteiger partial charge >= 0.3 is 0 Å². The summed E-state index contributed by atoms with van der Waals surface area (Å²) in [7, 11) is 0. The molecule has 0 bridgehead atoms. The minimum Gasteiger partial charge on any atom is -0.372 e.